The van der Waals surface area contributed by atoms with Crippen molar-refractivity contribution in [2.24, 2.45) is 0 Å². The zero-order valence-corrected chi connectivity index (χ0v) is 22.7. The normalized spacial score (nSPS) is 9.34. The number of rotatable bonds is 16. The number of carboxylic acid groups (broad SMARTS) is 5. The molecule has 0 saturated carbocycles. The molecule has 0 spiro atoms. The van der Waals surface area contributed by atoms with Gasteiger partial charge in [-0.25, -0.2) is 0 Å². The molecule has 175 valence electrons. The fourth-order valence-corrected chi connectivity index (χ4v) is 2.18. The number of aliphatic carboxylic acids is 5. The molecule has 0 aliphatic carbocycles. The third-order valence-corrected chi connectivity index (χ3v) is 3.23. The minimum atomic E-state index is -1.54. The third kappa shape index (κ3) is 27.7. The molecule has 0 fully saturated rings. The van der Waals surface area contributed by atoms with Gasteiger partial charge in [0.25, 0.3) is 0 Å². The molecule has 1 radical (unpaired) electrons. The predicted molar refractivity (Wildman–Crippen MR) is 81.6 cm³/mol. The van der Waals surface area contributed by atoms with Crippen molar-refractivity contribution in [2.45, 2.75) is 0 Å². The molecule has 0 aromatic rings. The van der Waals surface area contributed by atoms with Crippen molar-refractivity contribution in [3.8, 4) is 0 Å². The van der Waals surface area contributed by atoms with Gasteiger partial charge >= 0.3 is 76.2 Å². The van der Waals surface area contributed by atoms with E-state index in [-0.39, 0.29) is 113 Å². The van der Waals surface area contributed by atoms with E-state index in [0.717, 1.165) is 9.80 Å². The summed E-state index contributed by atoms with van der Waals surface area (Å²) in [6, 6.07) is 0. The van der Waals surface area contributed by atoms with Crippen LogP contribution in [0.2, 0.25) is 0 Å². The standard InChI is InChI=1S/C14H23N3O10.Fe.2Na.2H2O/c18-10(19)5-15(1-3-16(6-11(20)21)7-12(22)23)2-4-17(8-13(24)25)9-14(26)27;;;;;/h1-9H2,(H,18,19)(H,20,21)(H,22,23)(H,24,25)(H,26,27);;;;2*1H2/q;+3;2*+1;;/p-5. The van der Waals surface area contributed by atoms with Gasteiger partial charge in [0, 0.05) is 58.9 Å². The van der Waals surface area contributed by atoms with E-state index in [2.05, 4.69) is 0 Å². The van der Waals surface area contributed by atoms with Crippen LogP contribution in [0.1, 0.15) is 0 Å². The third-order valence-electron chi connectivity index (χ3n) is 3.23. The quantitative estimate of drug-likeness (QED) is 0.169. The summed E-state index contributed by atoms with van der Waals surface area (Å²) >= 11 is 0. The van der Waals surface area contributed by atoms with Crippen molar-refractivity contribution in [1.82, 2.24) is 14.7 Å². The van der Waals surface area contributed by atoms with Gasteiger partial charge in [-0.05, 0) is 0 Å². The first-order valence-corrected chi connectivity index (χ1v) is 7.66. The van der Waals surface area contributed by atoms with E-state index >= 15 is 0 Å². The molecule has 0 unspecified atom stereocenters. The number of nitrogens with zero attached hydrogens (tertiary/aromatic N) is 3. The van der Waals surface area contributed by atoms with Crippen LogP contribution >= 0.6 is 0 Å². The van der Waals surface area contributed by atoms with E-state index in [9.17, 15) is 49.5 Å². The summed E-state index contributed by atoms with van der Waals surface area (Å²) in [5, 5.41) is 53.3. The Morgan fingerprint density at radius 2 is 0.594 bits per heavy atom. The van der Waals surface area contributed by atoms with Crippen LogP contribution < -0.4 is 84.6 Å². The summed E-state index contributed by atoms with van der Waals surface area (Å²) in [6.45, 7) is -4.16. The van der Waals surface area contributed by atoms with Gasteiger partial charge in [0.05, 0.1) is 29.8 Å². The molecule has 0 atom stereocenters. The van der Waals surface area contributed by atoms with Gasteiger partial charge < -0.3 is 60.5 Å². The SMILES string of the molecule is O.O.O=C([O-])CN(CCN(CC(=O)[O-])CC(=O)[O-])CCN(CC(=O)[O-])CC(=O)[O-].[Fe+3].[Na+].[Na+]. The molecule has 0 aliphatic heterocycles. The van der Waals surface area contributed by atoms with Gasteiger partial charge in [-0.3, -0.25) is 14.7 Å². The predicted octanol–water partition coefficient (Wildman–Crippen LogP) is -17.0. The molecular weight excluding hydrogens is 504 g/mol. The first kappa shape index (κ1) is 45.2. The summed E-state index contributed by atoms with van der Waals surface area (Å²) in [5.74, 6) is -7.67. The van der Waals surface area contributed by atoms with E-state index < -0.39 is 62.6 Å². The van der Waals surface area contributed by atoms with Crippen LogP contribution in [0.15, 0.2) is 0 Å². The van der Waals surface area contributed by atoms with E-state index in [4.69, 9.17) is 0 Å². The van der Waals surface area contributed by atoms with Gasteiger partial charge in [-0.15, -0.1) is 0 Å². The van der Waals surface area contributed by atoms with E-state index in [1.54, 1.807) is 0 Å². The number of hydrogen-bond acceptors (Lipinski definition) is 13. The van der Waals surface area contributed by atoms with Gasteiger partial charge in [-0.1, -0.05) is 0 Å². The van der Waals surface area contributed by atoms with Crippen molar-refractivity contribution in [2.75, 3.05) is 58.9 Å². The minimum absolute atomic E-state index is 0. The van der Waals surface area contributed by atoms with Gasteiger partial charge in [-0.2, -0.15) is 0 Å². The average molecular weight is 526 g/mol. The van der Waals surface area contributed by atoms with E-state index in [1.165, 1.54) is 4.90 Å². The first-order valence-electron chi connectivity index (χ1n) is 7.66. The second-order valence-electron chi connectivity index (χ2n) is 5.56. The van der Waals surface area contributed by atoms with Gasteiger partial charge in [0.2, 0.25) is 0 Å². The van der Waals surface area contributed by atoms with Crippen molar-refractivity contribution in [3.05, 3.63) is 0 Å². The molecule has 4 N–H and O–H groups in total. The molecule has 0 aliphatic rings. The maximum atomic E-state index is 10.8. The van der Waals surface area contributed by atoms with Crippen LogP contribution in [0.4, 0.5) is 0 Å². The Balaban J connectivity index is -0.000000338. The van der Waals surface area contributed by atoms with Crippen molar-refractivity contribution >= 4 is 29.8 Å². The second-order valence-corrected chi connectivity index (χ2v) is 5.56. The Hall–Kier alpha value is -0.331. The number of carboxylic acids is 5. The first-order chi connectivity index (χ1) is 12.5. The fourth-order valence-electron chi connectivity index (χ4n) is 2.18. The summed E-state index contributed by atoms with van der Waals surface area (Å²) in [7, 11) is 0. The second kappa shape index (κ2) is 25.3. The minimum Gasteiger partial charge on any atom is -0.549 e. The largest absolute Gasteiger partial charge is 3.00 e. The molecule has 32 heavy (non-hydrogen) atoms. The van der Waals surface area contributed by atoms with Crippen LogP contribution in [0.5, 0.6) is 0 Å². The van der Waals surface area contributed by atoms with Crippen molar-refractivity contribution in [3.63, 3.8) is 0 Å². The summed E-state index contributed by atoms with van der Waals surface area (Å²) in [5.41, 5.74) is 0. The molecule has 0 rings (SSSR count). The molecular formula is C14H22FeN3Na2O12. The Kier molecular flexibility index (Phi) is 35.7. The fraction of sp³-hybridized carbons (Fsp3) is 0.643. The van der Waals surface area contributed by atoms with Crippen molar-refractivity contribution < 1.29 is 137 Å². The van der Waals surface area contributed by atoms with Crippen LogP contribution in [0.25, 0.3) is 0 Å². The maximum absolute atomic E-state index is 10.8. The monoisotopic (exact) mass is 526 g/mol. The van der Waals surface area contributed by atoms with E-state index in [0.29, 0.717) is 0 Å². The average Bonchev–Trinajstić information content (AvgIpc) is 2.46. The molecule has 0 aromatic heterocycles. The molecule has 0 aromatic carbocycles. The zero-order valence-electron chi connectivity index (χ0n) is 17.6. The van der Waals surface area contributed by atoms with Gasteiger partial charge in [0.15, 0.2) is 0 Å². The van der Waals surface area contributed by atoms with E-state index in [1.807, 2.05) is 0 Å². The van der Waals surface area contributed by atoms with Gasteiger partial charge in [0.1, 0.15) is 0 Å². The van der Waals surface area contributed by atoms with Crippen molar-refractivity contribution in [1.29, 1.82) is 0 Å². The molecule has 0 heterocycles. The van der Waals surface area contributed by atoms with Crippen LogP contribution in [-0.2, 0) is 41.0 Å². The molecule has 18 heteroatoms. The summed E-state index contributed by atoms with van der Waals surface area (Å²) in [4.78, 5) is 56.4. The Labute approximate surface area is 238 Å². The maximum Gasteiger partial charge on any atom is 3.00 e. The number of carbonyl (C=O) groups is 5. The van der Waals surface area contributed by atoms with Crippen LogP contribution in [0.3, 0.4) is 0 Å². The topological polar surface area (TPSA) is 273 Å². The molecule has 0 amide bonds. The Morgan fingerprint density at radius 3 is 0.781 bits per heavy atom. The Bertz CT molecular complexity index is 501. The molecule has 15 nitrogen and oxygen atoms in total. The van der Waals surface area contributed by atoms with Crippen LogP contribution in [0, 0.1) is 0 Å². The molecule has 0 saturated heterocycles. The molecule has 0 bridgehead atoms. The number of hydrogen-bond donors (Lipinski definition) is 0. The smallest absolute Gasteiger partial charge is 0.549 e. The number of carbonyl (C=O) groups excluding carboxylic acids is 5. The Morgan fingerprint density at radius 1 is 0.438 bits per heavy atom. The summed E-state index contributed by atoms with van der Waals surface area (Å²) in [6.07, 6.45) is 0. The zero-order chi connectivity index (χ0) is 21.0. The van der Waals surface area contributed by atoms with Crippen LogP contribution in [-0.4, -0.2) is 114 Å². The summed E-state index contributed by atoms with van der Waals surface area (Å²) < 4.78 is 0.